The quantitative estimate of drug-likeness (QED) is 0.682. The molecule has 0 spiro atoms. The van der Waals surface area contributed by atoms with Crippen LogP contribution in [0.25, 0.3) is 11.0 Å². The molecule has 0 N–H and O–H groups in total. The minimum Gasteiger partial charge on any atom is -0.464 e. The molecule has 0 bridgehead atoms. The van der Waals surface area contributed by atoms with Gasteiger partial charge in [0.2, 0.25) is 5.91 Å². The zero-order valence-electron chi connectivity index (χ0n) is 14.3. The van der Waals surface area contributed by atoms with Crippen molar-refractivity contribution in [3.8, 4) is 0 Å². The molecule has 0 aliphatic carbocycles. The first kappa shape index (κ1) is 17.8. The number of methoxy groups -OCH3 is 1. The lowest BCUT2D eigenvalue weighted by molar-refractivity contribution is -0.136. The SMILES string of the molecule is COCC(=O)N(Cc1ccc(F)cc1)Cc1coc2ccccc2c1=O. The Morgan fingerprint density at radius 3 is 2.58 bits per heavy atom. The summed E-state index contributed by atoms with van der Waals surface area (Å²) in [6, 6.07) is 12.8. The molecule has 1 aromatic heterocycles. The van der Waals surface area contributed by atoms with Crippen LogP contribution in [0.15, 0.2) is 64.0 Å². The zero-order chi connectivity index (χ0) is 18.5. The maximum atomic E-state index is 13.1. The monoisotopic (exact) mass is 355 g/mol. The van der Waals surface area contributed by atoms with Crippen LogP contribution in [0, 0.1) is 5.82 Å². The molecule has 134 valence electrons. The summed E-state index contributed by atoms with van der Waals surface area (Å²) in [6.45, 7) is 0.196. The summed E-state index contributed by atoms with van der Waals surface area (Å²) in [5, 5.41) is 0.464. The number of benzene rings is 2. The Bertz CT molecular complexity index is 965. The van der Waals surface area contributed by atoms with Crippen molar-refractivity contribution in [3.63, 3.8) is 0 Å². The molecule has 2 aromatic carbocycles. The lowest BCUT2D eigenvalue weighted by atomic mass is 10.1. The van der Waals surface area contributed by atoms with E-state index in [9.17, 15) is 14.0 Å². The summed E-state index contributed by atoms with van der Waals surface area (Å²) in [4.78, 5) is 26.5. The number of hydrogen-bond donors (Lipinski definition) is 0. The van der Waals surface area contributed by atoms with E-state index in [4.69, 9.17) is 9.15 Å². The fraction of sp³-hybridized carbons (Fsp3) is 0.200. The lowest BCUT2D eigenvalue weighted by Gasteiger charge is -2.22. The van der Waals surface area contributed by atoms with Crippen molar-refractivity contribution in [2.45, 2.75) is 13.1 Å². The normalized spacial score (nSPS) is 10.8. The Hall–Kier alpha value is -2.99. The van der Waals surface area contributed by atoms with Crippen molar-refractivity contribution in [1.29, 1.82) is 0 Å². The number of fused-ring (bicyclic) bond motifs is 1. The summed E-state index contributed by atoms with van der Waals surface area (Å²) in [5.41, 5.74) is 1.44. The first-order chi connectivity index (χ1) is 12.6. The third-order valence-electron chi connectivity index (χ3n) is 4.02. The number of nitrogens with zero attached hydrogens (tertiary/aromatic N) is 1. The van der Waals surface area contributed by atoms with E-state index in [2.05, 4.69) is 0 Å². The molecule has 0 saturated carbocycles. The van der Waals surface area contributed by atoms with Crippen LogP contribution in [0.4, 0.5) is 4.39 Å². The Kier molecular flexibility index (Phi) is 5.43. The number of rotatable bonds is 6. The number of ether oxygens (including phenoxy) is 1. The molecule has 0 aliphatic rings. The first-order valence-corrected chi connectivity index (χ1v) is 8.09. The van der Waals surface area contributed by atoms with E-state index in [0.717, 1.165) is 5.56 Å². The van der Waals surface area contributed by atoms with E-state index in [1.165, 1.54) is 30.4 Å². The molecular weight excluding hydrogens is 337 g/mol. The van der Waals surface area contributed by atoms with Crippen LogP contribution in [0.1, 0.15) is 11.1 Å². The van der Waals surface area contributed by atoms with Crippen LogP contribution in [-0.2, 0) is 22.6 Å². The topological polar surface area (TPSA) is 59.8 Å². The van der Waals surface area contributed by atoms with E-state index in [0.29, 0.717) is 16.5 Å². The second-order valence-corrected chi connectivity index (χ2v) is 5.90. The lowest BCUT2D eigenvalue weighted by Crippen LogP contribution is -2.34. The number of carbonyl (C=O) groups is 1. The van der Waals surface area contributed by atoms with Gasteiger partial charge in [-0.2, -0.15) is 0 Å². The van der Waals surface area contributed by atoms with Gasteiger partial charge in [-0.15, -0.1) is 0 Å². The summed E-state index contributed by atoms with van der Waals surface area (Å²) in [6.07, 6.45) is 1.38. The second-order valence-electron chi connectivity index (χ2n) is 5.90. The van der Waals surface area contributed by atoms with Gasteiger partial charge in [0.05, 0.1) is 23.8 Å². The third kappa shape index (κ3) is 3.97. The van der Waals surface area contributed by atoms with E-state index >= 15 is 0 Å². The highest BCUT2D eigenvalue weighted by Crippen LogP contribution is 2.14. The zero-order valence-corrected chi connectivity index (χ0v) is 14.3. The molecule has 26 heavy (non-hydrogen) atoms. The van der Waals surface area contributed by atoms with Crippen LogP contribution in [0.5, 0.6) is 0 Å². The smallest absolute Gasteiger partial charge is 0.249 e. The fourth-order valence-electron chi connectivity index (χ4n) is 2.69. The molecule has 5 nitrogen and oxygen atoms in total. The predicted octanol–water partition coefficient (Wildman–Crippen LogP) is 3.11. The van der Waals surface area contributed by atoms with Gasteiger partial charge in [0, 0.05) is 13.7 Å². The van der Waals surface area contributed by atoms with Gasteiger partial charge in [0.25, 0.3) is 0 Å². The van der Waals surface area contributed by atoms with Crippen LogP contribution in [0.2, 0.25) is 0 Å². The summed E-state index contributed by atoms with van der Waals surface area (Å²) >= 11 is 0. The molecule has 6 heteroatoms. The third-order valence-corrected chi connectivity index (χ3v) is 4.02. The summed E-state index contributed by atoms with van der Waals surface area (Å²) in [5.74, 6) is -0.622. The number of amides is 1. The van der Waals surface area contributed by atoms with Crippen molar-refractivity contribution in [2.24, 2.45) is 0 Å². The first-order valence-electron chi connectivity index (χ1n) is 8.09. The Labute approximate surface area is 149 Å². The van der Waals surface area contributed by atoms with Crippen LogP contribution in [0.3, 0.4) is 0 Å². The van der Waals surface area contributed by atoms with Crippen LogP contribution in [-0.4, -0.2) is 24.5 Å². The van der Waals surface area contributed by atoms with Crippen LogP contribution >= 0.6 is 0 Å². The standard InChI is InChI=1S/C20H18FNO4/c1-25-13-19(23)22(10-14-6-8-16(21)9-7-14)11-15-12-26-18-5-3-2-4-17(18)20(15)24/h2-9,12H,10-11,13H2,1H3. The highest BCUT2D eigenvalue weighted by Gasteiger charge is 2.17. The Morgan fingerprint density at radius 2 is 1.85 bits per heavy atom. The molecule has 0 atom stereocenters. The number of hydrogen-bond acceptors (Lipinski definition) is 4. The highest BCUT2D eigenvalue weighted by atomic mass is 19.1. The van der Waals surface area contributed by atoms with Gasteiger partial charge in [-0.3, -0.25) is 9.59 Å². The van der Waals surface area contributed by atoms with Gasteiger partial charge >= 0.3 is 0 Å². The summed E-state index contributed by atoms with van der Waals surface area (Å²) < 4.78 is 23.5. The maximum absolute atomic E-state index is 13.1. The average molecular weight is 355 g/mol. The van der Waals surface area contributed by atoms with Gasteiger partial charge < -0.3 is 14.1 Å². The molecule has 3 aromatic rings. The maximum Gasteiger partial charge on any atom is 0.249 e. The molecule has 0 unspecified atom stereocenters. The van der Waals surface area contributed by atoms with E-state index in [1.807, 2.05) is 0 Å². The van der Waals surface area contributed by atoms with Crippen molar-refractivity contribution >= 4 is 16.9 Å². The van der Waals surface area contributed by atoms with Gasteiger partial charge in [-0.1, -0.05) is 24.3 Å². The highest BCUT2D eigenvalue weighted by molar-refractivity contribution is 5.78. The number of halogens is 1. The molecular formula is C20H18FNO4. The van der Waals surface area contributed by atoms with Gasteiger partial charge in [-0.25, -0.2) is 4.39 Å². The number of para-hydroxylation sites is 1. The van der Waals surface area contributed by atoms with E-state index in [1.54, 1.807) is 36.4 Å². The van der Waals surface area contributed by atoms with Gasteiger partial charge in [0.1, 0.15) is 18.0 Å². The molecule has 1 amide bonds. The average Bonchev–Trinajstić information content (AvgIpc) is 2.65. The minimum absolute atomic E-state index is 0.0761. The Morgan fingerprint density at radius 1 is 1.12 bits per heavy atom. The van der Waals surface area contributed by atoms with E-state index < -0.39 is 0 Å². The molecule has 3 rings (SSSR count). The molecule has 1 heterocycles. The summed E-state index contributed by atoms with van der Waals surface area (Å²) in [7, 11) is 1.43. The fourth-order valence-corrected chi connectivity index (χ4v) is 2.69. The van der Waals surface area contributed by atoms with Gasteiger partial charge in [0.15, 0.2) is 5.43 Å². The second kappa shape index (κ2) is 7.93. The largest absolute Gasteiger partial charge is 0.464 e. The van der Waals surface area contributed by atoms with Crippen LogP contribution < -0.4 is 5.43 Å². The minimum atomic E-state index is -0.348. The van der Waals surface area contributed by atoms with E-state index in [-0.39, 0.29) is 36.8 Å². The molecule has 0 saturated heterocycles. The Balaban J connectivity index is 1.90. The molecule has 0 aliphatic heterocycles. The molecule has 0 radical (unpaired) electrons. The van der Waals surface area contributed by atoms with Gasteiger partial charge in [-0.05, 0) is 29.8 Å². The predicted molar refractivity (Wildman–Crippen MR) is 95.0 cm³/mol. The molecule has 0 fully saturated rings. The number of carbonyl (C=O) groups excluding carboxylic acids is 1. The van der Waals surface area contributed by atoms with Crippen molar-refractivity contribution in [2.75, 3.05) is 13.7 Å². The van der Waals surface area contributed by atoms with Crippen molar-refractivity contribution < 1.29 is 18.3 Å². The van der Waals surface area contributed by atoms with Crippen molar-refractivity contribution in [3.05, 3.63) is 82.0 Å². The van der Waals surface area contributed by atoms with Crippen molar-refractivity contribution in [1.82, 2.24) is 4.90 Å².